The third-order valence-corrected chi connectivity index (χ3v) is 3.34. The Bertz CT molecular complexity index is 700. The minimum atomic E-state index is -0.183. The van der Waals surface area contributed by atoms with Gasteiger partial charge in [-0.1, -0.05) is 18.2 Å². The number of nitrogens with zero attached hydrogens (tertiary/aromatic N) is 5. The van der Waals surface area contributed by atoms with Gasteiger partial charge in [0.15, 0.2) is 0 Å². The Hall–Kier alpha value is -2.47. The van der Waals surface area contributed by atoms with Crippen LogP contribution >= 0.6 is 0 Å². The summed E-state index contributed by atoms with van der Waals surface area (Å²) in [5, 5.41) is 13.0. The monoisotopic (exact) mass is 282 g/mol. The van der Waals surface area contributed by atoms with E-state index < -0.39 is 0 Å². The van der Waals surface area contributed by atoms with Crippen molar-refractivity contribution in [2.45, 2.75) is 25.9 Å². The van der Waals surface area contributed by atoms with Crippen LogP contribution in [0.5, 0.6) is 0 Å². The Morgan fingerprint density at radius 1 is 1.14 bits per heavy atom. The smallest absolute Gasteiger partial charge is 0.100 e. The first kappa shape index (κ1) is 13.5. The summed E-state index contributed by atoms with van der Waals surface area (Å²) >= 11 is 0. The highest BCUT2D eigenvalue weighted by atomic mass is 15.5. The summed E-state index contributed by atoms with van der Waals surface area (Å²) in [4.78, 5) is 1.60. The zero-order valence-electron chi connectivity index (χ0n) is 11.9. The lowest BCUT2D eigenvalue weighted by atomic mass is 10.1. The van der Waals surface area contributed by atoms with Gasteiger partial charge in [-0.05, 0) is 31.0 Å². The molecular formula is C15H18N6. The maximum atomic E-state index is 6.22. The van der Waals surface area contributed by atoms with Gasteiger partial charge < -0.3 is 5.73 Å². The van der Waals surface area contributed by atoms with E-state index in [-0.39, 0.29) is 6.04 Å². The van der Waals surface area contributed by atoms with Crippen molar-refractivity contribution in [2.24, 2.45) is 5.73 Å². The van der Waals surface area contributed by atoms with E-state index in [4.69, 9.17) is 5.73 Å². The van der Waals surface area contributed by atoms with Crippen LogP contribution in [0.15, 0.2) is 48.9 Å². The zero-order chi connectivity index (χ0) is 14.7. The van der Waals surface area contributed by atoms with Gasteiger partial charge in [0.05, 0.1) is 24.1 Å². The second-order valence-corrected chi connectivity index (χ2v) is 4.91. The molecule has 6 nitrogen and oxygen atoms in total. The van der Waals surface area contributed by atoms with E-state index in [2.05, 4.69) is 22.2 Å². The molecule has 21 heavy (non-hydrogen) atoms. The average Bonchev–Trinajstić information content (AvgIpc) is 3.17. The Morgan fingerprint density at radius 3 is 2.67 bits per heavy atom. The highest BCUT2D eigenvalue weighted by Crippen LogP contribution is 2.14. The lowest BCUT2D eigenvalue weighted by Gasteiger charge is -2.06. The van der Waals surface area contributed by atoms with Crippen LogP contribution in [0.3, 0.4) is 0 Å². The maximum Gasteiger partial charge on any atom is 0.100 e. The van der Waals surface area contributed by atoms with Gasteiger partial charge in [0.1, 0.15) is 5.69 Å². The molecule has 2 N–H and O–H groups in total. The van der Waals surface area contributed by atoms with Crippen molar-refractivity contribution in [2.75, 3.05) is 0 Å². The van der Waals surface area contributed by atoms with Crippen LogP contribution in [0.25, 0.3) is 5.69 Å². The number of rotatable bonds is 5. The average molecular weight is 282 g/mol. The molecule has 0 spiro atoms. The molecule has 0 aliphatic carbocycles. The molecule has 3 aromatic rings. The van der Waals surface area contributed by atoms with E-state index >= 15 is 0 Å². The molecule has 2 heterocycles. The predicted molar refractivity (Wildman–Crippen MR) is 79.9 cm³/mol. The van der Waals surface area contributed by atoms with Gasteiger partial charge in [0.2, 0.25) is 0 Å². The van der Waals surface area contributed by atoms with E-state index in [1.54, 1.807) is 11.0 Å². The fraction of sp³-hybridized carbons (Fsp3) is 0.267. The number of hydrogen-bond donors (Lipinski definition) is 1. The minimum absolute atomic E-state index is 0.183. The largest absolute Gasteiger partial charge is 0.322 e. The van der Waals surface area contributed by atoms with Gasteiger partial charge in [-0.15, -0.1) is 0 Å². The van der Waals surface area contributed by atoms with E-state index in [0.29, 0.717) is 6.42 Å². The van der Waals surface area contributed by atoms with Gasteiger partial charge in [0.25, 0.3) is 0 Å². The van der Waals surface area contributed by atoms with Crippen molar-refractivity contribution in [3.8, 4) is 5.69 Å². The molecule has 0 aliphatic heterocycles. The summed E-state index contributed by atoms with van der Waals surface area (Å²) in [7, 11) is 0. The third-order valence-electron chi connectivity index (χ3n) is 3.34. The van der Waals surface area contributed by atoms with Crippen molar-refractivity contribution < 1.29 is 0 Å². The predicted octanol–water partition coefficient (Wildman–Crippen LogP) is 1.73. The normalized spacial score (nSPS) is 12.5. The molecule has 0 amide bonds. The Kier molecular flexibility index (Phi) is 3.79. The van der Waals surface area contributed by atoms with Gasteiger partial charge in [-0.3, -0.25) is 4.68 Å². The van der Waals surface area contributed by atoms with Crippen LogP contribution in [-0.4, -0.2) is 24.8 Å². The molecule has 1 unspecified atom stereocenters. The molecule has 2 aromatic heterocycles. The molecular weight excluding hydrogens is 264 g/mol. The maximum absolute atomic E-state index is 6.22. The van der Waals surface area contributed by atoms with E-state index in [1.807, 2.05) is 47.4 Å². The van der Waals surface area contributed by atoms with Crippen LogP contribution in [0, 0.1) is 0 Å². The number of aromatic nitrogens is 5. The van der Waals surface area contributed by atoms with E-state index in [1.165, 1.54) is 0 Å². The molecule has 0 radical (unpaired) electrons. The second-order valence-electron chi connectivity index (χ2n) is 4.91. The molecule has 0 saturated heterocycles. The summed E-state index contributed by atoms with van der Waals surface area (Å²) in [6, 6.07) is 9.61. The topological polar surface area (TPSA) is 74.6 Å². The minimum Gasteiger partial charge on any atom is -0.322 e. The number of benzene rings is 1. The van der Waals surface area contributed by atoms with Crippen LogP contribution in [0.4, 0.5) is 0 Å². The highest BCUT2D eigenvalue weighted by molar-refractivity contribution is 5.28. The van der Waals surface area contributed by atoms with Crippen molar-refractivity contribution in [3.05, 3.63) is 60.2 Å². The molecule has 0 bridgehead atoms. The van der Waals surface area contributed by atoms with Gasteiger partial charge in [-0.25, -0.2) is 0 Å². The Balaban J connectivity index is 1.73. The van der Waals surface area contributed by atoms with Crippen LogP contribution in [0.1, 0.15) is 24.2 Å². The van der Waals surface area contributed by atoms with Crippen molar-refractivity contribution in [1.29, 1.82) is 0 Å². The Morgan fingerprint density at radius 2 is 1.95 bits per heavy atom. The summed E-state index contributed by atoms with van der Waals surface area (Å²) < 4.78 is 1.89. The molecule has 0 fully saturated rings. The molecule has 1 aromatic carbocycles. The second kappa shape index (κ2) is 5.88. The lowest BCUT2D eigenvalue weighted by molar-refractivity contribution is 0.652. The molecule has 108 valence electrons. The first-order valence-electron chi connectivity index (χ1n) is 7.01. The fourth-order valence-electron chi connectivity index (χ4n) is 2.17. The number of aryl methyl sites for hydroxylation is 1. The standard InChI is InChI=1S/C15H18N6/c1-2-20-11-12(9-17-20)8-14(16)15-10-18-21(19-15)13-6-4-3-5-7-13/h3-7,9-11,14H,2,8,16H2,1H3. The van der Waals surface area contributed by atoms with E-state index in [9.17, 15) is 0 Å². The summed E-state index contributed by atoms with van der Waals surface area (Å²) in [5.74, 6) is 0. The number of hydrogen-bond acceptors (Lipinski definition) is 4. The number of nitrogens with two attached hydrogens (primary N) is 1. The molecule has 0 aliphatic rings. The fourth-order valence-corrected chi connectivity index (χ4v) is 2.17. The summed E-state index contributed by atoms with van der Waals surface area (Å²) in [6.07, 6.45) is 6.29. The van der Waals surface area contributed by atoms with Crippen LogP contribution in [0.2, 0.25) is 0 Å². The third kappa shape index (κ3) is 3.00. The van der Waals surface area contributed by atoms with E-state index in [0.717, 1.165) is 23.5 Å². The van der Waals surface area contributed by atoms with Gasteiger partial charge >= 0.3 is 0 Å². The highest BCUT2D eigenvalue weighted by Gasteiger charge is 2.13. The zero-order valence-corrected chi connectivity index (χ0v) is 11.9. The van der Waals surface area contributed by atoms with Crippen molar-refractivity contribution in [3.63, 3.8) is 0 Å². The van der Waals surface area contributed by atoms with Gasteiger partial charge in [-0.2, -0.15) is 20.1 Å². The molecule has 0 saturated carbocycles. The SMILES string of the molecule is CCn1cc(CC(N)c2cnn(-c3ccccc3)n2)cn1. The van der Waals surface area contributed by atoms with Crippen LogP contribution in [-0.2, 0) is 13.0 Å². The van der Waals surface area contributed by atoms with Crippen molar-refractivity contribution >= 4 is 0 Å². The first-order chi connectivity index (χ1) is 10.3. The molecule has 1 atom stereocenters. The Labute approximate surface area is 123 Å². The van der Waals surface area contributed by atoms with Crippen LogP contribution < -0.4 is 5.73 Å². The van der Waals surface area contributed by atoms with Gasteiger partial charge in [0, 0.05) is 12.7 Å². The lowest BCUT2D eigenvalue weighted by Crippen LogP contribution is -2.14. The van der Waals surface area contributed by atoms with Crippen molar-refractivity contribution in [1.82, 2.24) is 24.8 Å². The first-order valence-corrected chi connectivity index (χ1v) is 7.01. The summed E-state index contributed by atoms with van der Waals surface area (Å²) in [6.45, 7) is 2.92. The number of para-hydroxylation sites is 1. The molecule has 3 rings (SSSR count). The molecule has 6 heteroatoms. The quantitative estimate of drug-likeness (QED) is 0.773. The summed E-state index contributed by atoms with van der Waals surface area (Å²) in [5.41, 5.74) is 9.03.